The molecule has 0 amide bonds. The lowest BCUT2D eigenvalue weighted by molar-refractivity contribution is 0.0687. The predicted octanol–water partition coefficient (Wildman–Crippen LogP) is 2.74. The Morgan fingerprint density at radius 2 is 2.05 bits per heavy atom. The maximum absolute atomic E-state index is 11.4. The molecule has 0 aliphatic carbocycles. The van der Waals surface area contributed by atoms with Crippen LogP contribution in [0.5, 0.6) is 0 Å². The number of carboxylic acid groups (broad SMARTS) is 1. The molecular weight excluding hydrogens is 254 g/mol. The van der Waals surface area contributed by atoms with Crippen LogP contribution in [0, 0.1) is 11.3 Å². The van der Waals surface area contributed by atoms with Gasteiger partial charge in [0.25, 0.3) is 0 Å². The lowest BCUT2D eigenvalue weighted by atomic mass is 9.92. The fourth-order valence-electron chi connectivity index (χ4n) is 1.80. The van der Waals surface area contributed by atoms with Crippen LogP contribution in [-0.2, 0) is 5.41 Å². The van der Waals surface area contributed by atoms with E-state index in [0.29, 0.717) is 16.9 Å². The third-order valence-corrected chi connectivity index (χ3v) is 2.92. The van der Waals surface area contributed by atoms with E-state index >= 15 is 0 Å². The number of carboxylic acids is 1. The summed E-state index contributed by atoms with van der Waals surface area (Å²) in [6.07, 6.45) is 0. The van der Waals surface area contributed by atoms with Gasteiger partial charge in [-0.2, -0.15) is 10.4 Å². The zero-order valence-electron chi connectivity index (χ0n) is 11.6. The normalized spacial score (nSPS) is 11.1. The van der Waals surface area contributed by atoms with E-state index in [4.69, 9.17) is 5.26 Å². The Labute approximate surface area is 117 Å². The van der Waals surface area contributed by atoms with Crippen molar-refractivity contribution in [1.29, 1.82) is 5.26 Å². The highest BCUT2D eigenvalue weighted by Gasteiger charge is 2.23. The zero-order valence-corrected chi connectivity index (χ0v) is 11.6. The Hall–Kier alpha value is -2.61. The number of hydrogen-bond donors (Lipinski definition) is 1. The summed E-state index contributed by atoms with van der Waals surface area (Å²) in [7, 11) is 0. The van der Waals surface area contributed by atoms with Gasteiger partial charge in [-0.1, -0.05) is 26.8 Å². The first-order valence-corrected chi connectivity index (χ1v) is 6.17. The fraction of sp³-hybridized carbons (Fsp3) is 0.267. The average Bonchev–Trinajstić information content (AvgIpc) is 2.84. The van der Waals surface area contributed by atoms with Gasteiger partial charge in [0.05, 0.1) is 23.0 Å². The second-order valence-corrected chi connectivity index (χ2v) is 5.54. The number of aromatic carboxylic acids is 1. The topological polar surface area (TPSA) is 78.9 Å². The van der Waals surface area contributed by atoms with Crippen LogP contribution in [0.15, 0.2) is 30.3 Å². The molecule has 0 unspecified atom stereocenters. The average molecular weight is 269 g/mol. The molecular formula is C15H15N3O2. The molecule has 5 heteroatoms. The summed E-state index contributed by atoms with van der Waals surface area (Å²) in [5, 5.41) is 22.6. The summed E-state index contributed by atoms with van der Waals surface area (Å²) in [6.45, 7) is 5.91. The molecule has 0 fully saturated rings. The van der Waals surface area contributed by atoms with Crippen molar-refractivity contribution in [3.63, 3.8) is 0 Å². The highest BCUT2D eigenvalue weighted by atomic mass is 16.4. The molecule has 1 heterocycles. The van der Waals surface area contributed by atoms with Gasteiger partial charge in [0, 0.05) is 5.41 Å². The van der Waals surface area contributed by atoms with Crippen molar-refractivity contribution in [1.82, 2.24) is 9.78 Å². The highest BCUT2D eigenvalue weighted by Crippen LogP contribution is 2.24. The summed E-state index contributed by atoms with van der Waals surface area (Å²) in [5.74, 6) is -1.05. The third-order valence-electron chi connectivity index (χ3n) is 2.92. The van der Waals surface area contributed by atoms with Gasteiger partial charge in [-0.25, -0.2) is 9.48 Å². The van der Waals surface area contributed by atoms with E-state index in [0.717, 1.165) is 0 Å². The second-order valence-electron chi connectivity index (χ2n) is 5.54. The quantitative estimate of drug-likeness (QED) is 0.909. The first kappa shape index (κ1) is 13.8. The summed E-state index contributed by atoms with van der Waals surface area (Å²) in [4.78, 5) is 11.4. The largest absolute Gasteiger partial charge is 0.477 e. The van der Waals surface area contributed by atoms with Crippen molar-refractivity contribution in [2.45, 2.75) is 26.2 Å². The molecule has 0 atom stereocenters. The molecule has 0 aliphatic rings. The lowest BCUT2D eigenvalue weighted by Crippen LogP contribution is -2.12. The van der Waals surface area contributed by atoms with E-state index < -0.39 is 5.97 Å². The number of benzene rings is 1. The molecule has 5 nitrogen and oxygen atoms in total. The van der Waals surface area contributed by atoms with Gasteiger partial charge >= 0.3 is 5.97 Å². The van der Waals surface area contributed by atoms with Gasteiger partial charge in [-0.3, -0.25) is 0 Å². The van der Waals surface area contributed by atoms with Crippen molar-refractivity contribution in [3.8, 4) is 11.8 Å². The molecule has 1 N–H and O–H groups in total. The van der Waals surface area contributed by atoms with Gasteiger partial charge < -0.3 is 5.11 Å². The number of hydrogen-bond acceptors (Lipinski definition) is 3. The Kier molecular flexibility index (Phi) is 3.33. The van der Waals surface area contributed by atoms with E-state index in [1.54, 1.807) is 30.3 Å². The summed E-state index contributed by atoms with van der Waals surface area (Å²) in [5.41, 5.74) is 1.56. The predicted molar refractivity (Wildman–Crippen MR) is 73.9 cm³/mol. The van der Waals surface area contributed by atoms with Crippen LogP contribution in [0.25, 0.3) is 5.69 Å². The van der Waals surface area contributed by atoms with Crippen LogP contribution in [0.4, 0.5) is 0 Å². The molecule has 1 aromatic carbocycles. The van der Waals surface area contributed by atoms with Gasteiger partial charge in [0.15, 0.2) is 5.69 Å². The molecule has 102 valence electrons. The van der Waals surface area contributed by atoms with Crippen LogP contribution in [0.3, 0.4) is 0 Å². The van der Waals surface area contributed by atoms with Crippen LogP contribution < -0.4 is 0 Å². The first-order valence-electron chi connectivity index (χ1n) is 6.17. The van der Waals surface area contributed by atoms with E-state index in [-0.39, 0.29) is 11.1 Å². The van der Waals surface area contributed by atoms with E-state index in [1.807, 2.05) is 26.8 Å². The fourth-order valence-corrected chi connectivity index (χ4v) is 1.80. The molecule has 2 aromatic rings. The van der Waals surface area contributed by atoms with Crippen LogP contribution in [0.1, 0.15) is 42.5 Å². The van der Waals surface area contributed by atoms with E-state index in [1.165, 1.54) is 4.68 Å². The summed E-state index contributed by atoms with van der Waals surface area (Å²) < 4.78 is 1.36. The number of aromatic nitrogens is 2. The maximum Gasteiger partial charge on any atom is 0.354 e. The molecule has 20 heavy (non-hydrogen) atoms. The minimum atomic E-state index is -1.05. The van der Waals surface area contributed by atoms with E-state index in [9.17, 15) is 9.90 Å². The monoisotopic (exact) mass is 269 g/mol. The van der Waals surface area contributed by atoms with Crippen molar-refractivity contribution < 1.29 is 9.90 Å². The Balaban J connectivity index is 2.63. The Morgan fingerprint density at radius 3 is 2.60 bits per heavy atom. The summed E-state index contributed by atoms with van der Waals surface area (Å²) in [6, 6.07) is 10.3. The van der Waals surface area contributed by atoms with Gasteiger partial charge in [0.2, 0.25) is 0 Å². The van der Waals surface area contributed by atoms with Crippen LogP contribution in [-0.4, -0.2) is 20.9 Å². The number of nitriles is 1. The van der Waals surface area contributed by atoms with Gasteiger partial charge in [0.1, 0.15) is 0 Å². The molecule has 0 aliphatic heterocycles. The van der Waals surface area contributed by atoms with Gasteiger partial charge in [-0.15, -0.1) is 0 Å². The van der Waals surface area contributed by atoms with Gasteiger partial charge in [-0.05, 0) is 24.3 Å². The molecule has 1 aromatic heterocycles. The number of carbonyl (C=O) groups is 1. The minimum absolute atomic E-state index is 0.0880. The Morgan fingerprint density at radius 1 is 1.35 bits per heavy atom. The molecule has 0 radical (unpaired) electrons. The highest BCUT2D eigenvalue weighted by molar-refractivity contribution is 5.86. The second kappa shape index (κ2) is 4.82. The molecule has 0 spiro atoms. The molecule has 2 rings (SSSR count). The number of rotatable bonds is 2. The maximum atomic E-state index is 11.4. The minimum Gasteiger partial charge on any atom is -0.477 e. The van der Waals surface area contributed by atoms with Crippen LogP contribution in [0.2, 0.25) is 0 Å². The summed E-state index contributed by atoms with van der Waals surface area (Å²) >= 11 is 0. The van der Waals surface area contributed by atoms with Crippen molar-refractivity contribution in [3.05, 3.63) is 47.3 Å². The molecule has 0 bridgehead atoms. The van der Waals surface area contributed by atoms with E-state index in [2.05, 4.69) is 5.10 Å². The first-order chi connectivity index (χ1) is 9.32. The van der Waals surface area contributed by atoms with Crippen molar-refractivity contribution in [2.75, 3.05) is 0 Å². The molecule has 0 saturated heterocycles. The standard InChI is InChI=1S/C15H15N3O2/c1-15(2,3)13-8-12(14(19)20)18(17-13)11-6-4-5-10(7-11)9-16/h4-8H,1-3H3,(H,19,20). The third kappa shape index (κ3) is 2.54. The van der Waals surface area contributed by atoms with Crippen molar-refractivity contribution >= 4 is 5.97 Å². The zero-order chi connectivity index (χ0) is 14.9. The smallest absolute Gasteiger partial charge is 0.354 e. The lowest BCUT2D eigenvalue weighted by Gasteiger charge is -2.14. The Bertz CT molecular complexity index is 703. The molecule has 0 saturated carbocycles. The SMILES string of the molecule is CC(C)(C)c1cc(C(=O)O)n(-c2cccc(C#N)c2)n1. The number of nitrogens with zero attached hydrogens (tertiary/aromatic N) is 3. The van der Waals surface area contributed by atoms with Crippen molar-refractivity contribution in [2.24, 2.45) is 0 Å². The van der Waals surface area contributed by atoms with Crippen LogP contribution >= 0.6 is 0 Å².